The lowest BCUT2D eigenvalue weighted by Gasteiger charge is -1.94. The van der Waals surface area contributed by atoms with E-state index < -0.39 is 0 Å². The van der Waals surface area contributed by atoms with Crippen LogP contribution in [0.4, 0.5) is 0 Å². The van der Waals surface area contributed by atoms with Crippen LogP contribution in [0.3, 0.4) is 0 Å². The molecule has 0 aliphatic heterocycles. The number of nitrogens with zero attached hydrogens (tertiary/aromatic N) is 3. The Balaban J connectivity index is 2.15. The summed E-state index contributed by atoms with van der Waals surface area (Å²) in [5, 5.41) is 4.25. The van der Waals surface area contributed by atoms with Crippen LogP contribution < -0.4 is 0 Å². The molecule has 0 N–H and O–H groups in total. The second-order valence-corrected chi connectivity index (χ2v) is 3.82. The zero-order valence-corrected chi connectivity index (χ0v) is 8.28. The van der Waals surface area contributed by atoms with Gasteiger partial charge in [-0.1, -0.05) is 30.3 Å². The zero-order chi connectivity index (χ0) is 9.10. The molecule has 0 aliphatic rings. The number of rotatable bonds is 2. The summed E-state index contributed by atoms with van der Waals surface area (Å²) >= 11 is 0. The maximum atomic E-state index is 4.26. The Morgan fingerprint density at radius 2 is 2.08 bits per heavy atom. The van der Waals surface area contributed by atoms with Gasteiger partial charge in [-0.15, -0.1) is 0 Å². The van der Waals surface area contributed by atoms with E-state index >= 15 is 0 Å². The summed E-state index contributed by atoms with van der Waals surface area (Å²) in [6, 6.07) is 10.3. The molecule has 2 aromatic rings. The molecule has 0 radical (unpaired) electrons. The van der Waals surface area contributed by atoms with Crippen LogP contribution in [0.2, 0.25) is 0 Å². The Bertz CT molecular complexity index is 383. The van der Waals surface area contributed by atoms with Crippen LogP contribution in [0.15, 0.2) is 30.3 Å². The van der Waals surface area contributed by atoms with Crippen molar-refractivity contribution in [2.24, 2.45) is 7.05 Å². The lowest BCUT2D eigenvalue weighted by molar-refractivity contribution is 0.802. The molecule has 1 aromatic heterocycles. The minimum atomic E-state index is 0.832. The van der Waals surface area contributed by atoms with Gasteiger partial charge in [0.15, 0.2) is 14.3 Å². The molecule has 13 heavy (non-hydrogen) atoms. The number of hydrogen-bond acceptors (Lipinski definition) is 2. The van der Waals surface area contributed by atoms with Crippen LogP contribution in [0.5, 0.6) is 0 Å². The average molecular weight is 191 g/mol. The fourth-order valence-corrected chi connectivity index (χ4v) is 1.66. The van der Waals surface area contributed by atoms with Gasteiger partial charge in [-0.25, -0.2) is 4.44 Å². The van der Waals surface area contributed by atoms with E-state index in [2.05, 4.69) is 22.0 Å². The SMILES string of the molecule is Cn1nc(Cc2ccccc2)np1. The van der Waals surface area contributed by atoms with Crippen LogP contribution in [0.1, 0.15) is 11.4 Å². The molecule has 0 atom stereocenters. The molecule has 2 rings (SSSR count). The standard InChI is InChI=1S/C9H10N3P/c1-12-10-9(11-13-12)7-8-5-3-2-4-6-8/h2-6H,7H2,1H3. The molecule has 66 valence electrons. The van der Waals surface area contributed by atoms with Crippen LogP contribution in [0, 0.1) is 0 Å². The van der Waals surface area contributed by atoms with Crippen LogP contribution >= 0.6 is 8.51 Å². The van der Waals surface area contributed by atoms with E-state index in [0.717, 1.165) is 20.8 Å². The summed E-state index contributed by atoms with van der Waals surface area (Å²) in [4.78, 5) is 0. The molecule has 0 fully saturated rings. The predicted octanol–water partition coefficient (Wildman–Crippen LogP) is 1.99. The Labute approximate surface area is 78.7 Å². The summed E-state index contributed by atoms with van der Waals surface area (Å²) in [5.74, 6) is 0.912. The molecule has 4 heteroatoms. The molecular weight excluding hydrogens is 181 g/mol. The van der Waals surface area contributed by atoms with Crippen molar-refractivity contribution < 1.29 is 0 Å². The van der Waals surface area contributed by atoms with Crippen molar-refractivity contribution in [1.82, 2.24) is 14.3 Å². The highest BCUT2D eigenvalue weighted by molar-refractivity contribution is 7.20. The van der Waals surface area contributed by atoms with Gasteiger partial charge < -0.3 is 0 Å². The molecule has 0 spiro atoms. The highest BCUT2D eigenvalue weighted by Gasteiger charge is 1.99. The van der Waals surface area contributed by atoms with Gasteiger partial charge in [-0.3, -0.25) is 0 Å². The minimum Gasteiger partial charge on any atom is -0.232 e. The normalized spacial score (nSPS) is 10.8. The monoisotopic (exact) mass is 191 g/mol. The second kappa shape index (κ2) is 3.67. The fourth-order valence-electron chi connectivity index (χ4n) is 1.17. The van der Waals surface area contributed by atoms with Gasteiger partial charge in [0.2, 0.25) is 0 Å². The molecule has 0 bridgehead atoms. The summed E-state index contributed by atoms with van der Waals surface area (Å²) < 4.78 is 6.08. The van der Waals surface area contributed by atoms with Crippen LogP contribution in [-0.4, -0.2) is 14.3 Å². The molecule has 0 unspecified atom stereocenters. The number of aromatic nitrogens is 3. The molecule has 0 saturated heterocycles. The van der Waals surface area contributed by atoms with Gasteiger partial charge in [-0.2, -0.15) is 9.85 Å². The van der Waals surface area contributed by atoms with Crippen molar-refractivity contribution in [1.29, 1.82) is 0 Å². The van der Waals surface area contributed by atoms with Crippen molar-refractivity contribution in [2.45, 2.75) is 6.42 Å². The van der Waals surface area contributed by atoms with Gasteiger partial charge >= 0.3 is 0 Å². The van der Waals surface area contributed by atoms with E-state index in [9.17, 15) is 0 Å². The van der Waals surface area contributed by atoms with E-state index in [1.165, 1.54) is 5.56 Å². The Hall–Kier alpha value is -1.21. The Morgan fingerprint density at radius 3 is 2.69 bits per heavy atom. The molecule has 0 aliphatic carbocycles. The first-order valence-corrected chi connectivity index (χ1v) is 4.91. The van der Waals surface area contributed by atoms with Gasteiger partial charge in [0.25, 0.3) is 0 Å². The van der Waals surface area contributed by atoms with Gasteiger partial charge in [0.05, 0.1) is 0 Å². The second-order valence-electron chi connectivity index (χ2n) is 2.86. The number of aryl methyl sites for hydroxylation is 1. The third kappa shape index (κ3) is 2.13. The summed E-state index contributed by atoms with van der Waals surface area (Å²) in [6.07, 6.45) is 0.832. The number of benzene rings is 1. The largest absolute Gasteiger partial charge is 0.232 e. The van der Waals surface area contributed by atoms with Gasteiger partial charge in [-0.05, 0) is 5.56 Å². The van der Waals surface area contributed by atoms with Crippen molar-refractivity contribution in [2.75, 3.05) is 0 Å². The Morgan fingerprint density at radius 1 is 1.31 bits per heavy atom. The van der Waals surface area contributed by atoms with Gasteiger partial charge in [0, 0.05) is 13.5 Å². The lowest BCUT2D eigenvalue weighted by Crippen LogP contribution is -1.92. The molecule has 0 saturated carbocycles. The number of hydrogen-bond donors (Lipinski definition) is 0. The molecule has 1 aromatic carbocycles. The summed E-state index contributed by atoms with van der Waals surface area (Å²) in [6.45, 7) is 0. The average Bonchev–Trinajstić information content (AvgIpc) is 2.53. The van der Waals surface area contributed by atoms with E-state index in [1.54, 1.807) is 0 Å². The summed E-state index contributed by atoms with van der Waals surface area (Å²) in [5.41, 5.74) is 1.26. The first kappa shape index (κ1) is 8.39. The van der Waals surface area contributed by atoms with Crippen molar-refractivity contribution in [3.8, 4) is 0 Å². The molecule has 0 amide bonds. The van der Waals surface area contributed by atoms with E-state index in [1.807, 2.05) is 29.7 Å². The fraction of sp³-hybridized carbons (Fsp3) is 0.222. The van der Waals surface area contributed by atoms with Crippen molar-refractivity contribution in [3.05, 3.63) is 41.7 Å². The maximum Gasteiger partial charge on any atom is 0.160 e. The molecule has 3 nitrogen and oxygen atoms in total. The first-order chi connectivity index (χ1) is 6.34. The third-order valence-electron chi connectivity index (χ3n) is 1.75. The quantitative estimate of drug-likeness (QED) is 0.726. The van der Waals surface area contributed by atoms with Crippen LogP contribution in [-0.2, 0) is 13.5 Å². The smallest absolute Gasteiger partial charge is 0.160 e. The van der Waals surface area contributed by atoms with Crippen LogP contribution in [0.25, 0.3) is 0 Å². The molecular formula is C9H10N3P. The van der Waals surface area contributed by atoms with E-state index in [4.69, 9.17) is 0 Å². The summed E-state index contributed by atoms with van der Waals surface area (Å²) in [7, 11) is 2.84. The van der Waals surface area contributed by atoms with E-state index in [-0.39, 0.29) is 0 Å². The highest BCUT2D eigenvalue weighted by atomic mass is 31.1. The van der Waals surface area contributed by atoms with Crippen molar-refractivity contribution in [3.63, 3.8) is 0 Å². The van der Waals surface area contributed by atoms with Gasteiger partial charge in [0.1, 0.15) is 0 Å². The Kier molecular flexibility index (Phi) is 2.37. The first-order valence-electron chi connectivity index (χ1n) is 4.11. The predicted molar refractivity (Wildman–Crippen MR) is 52.8 cm³/mol. The highest BCUT2D eigenvalue weighted by Crippen LogP contribution is 2.07. The third-order valence-corrected chi connectivity index (χ3v) is 2.42. The minimum absolute atomic E-state index is 0.832. The van der Waals surface area contributed by atoms with Crippen molar-refractivity contribution >= 4 is 8.51 Å². The van der Waals surface area contributed by atoms with E-state index in [0.29, 0.717) is 0 Å². The zero-order valence-electron chi connectivity index (χ0n) is 7.38. The maximum absolute atomic E-state index is 4.26. The topological polar surface area (TPSA) is 30.7 Å². The lowest BCUT2D eigenvalue weighted by atomic mass is 10.1. The molecule has 1 heterocycles.